The molecule has 1 aromatic carbocycles. The lowest BCUT2D eigenvalue weighted by molar-refractivity contribution is 0.386. The van der Waals surface area contributed by atoms with E-state index in [4.69, 9.17) is 0 Å². The topological polar surface area (TPSA) is 88.1 Å². The third-order valence-corrected chi connectivity index (χ3v) is 6.66. The van der Waals surface area contributed by atoms with Gasteiger partial charge in [0.1, 0.15) is 0 Å². The Bertz CT molecular complexity index is 1120. The maximum Gasteiger partial charge on any atom is 0.270 e. The molecule has 2 aromatic heterocycles. The average Bonchev–Trinajstić information content (AvgIpc) is 2.98. The molecule has 3 aromatic rings. The Balaban J connectivity index is 1.61. The molecule has 27 heavy (non-hydrogen) atoms. The van der Waals surface area contributed by atoms with Gasteiger partial charge >= 0.3 is 0 Å². The van der Waals surface area contributed by atoms with Crippen molar-refractivity contribution < 1.29 is 8.42 Å². The largest absolute Gasteiger partial charge is 0.298 e. The molecule has 3 heterocycles. The van der Waals surface area contributed by atoms with Crippen molar-refractivity contribution in [3.8, 4) is 0 Å². The molecule has 7 nitrogen and oxygen atoms in total. The molecular weight excluding hydrogens is 364 g/mol. The zero-order valence-electron chi connectivity index (χ0n) is 14.9. The van der Waals surface area contributed by atoms with E-state index in [-0.39, 0.29) is 17.0 Å². The summed E-state index contributed by atoms with van der Waals surface area (Å²) in [7, 11) is -3.59. The molecule has 0 atom stereocenters. The van der Waals surface area contributed by atoms with Crippen molar-refractivity contribution in [2.24, 2.45) is 0 Å². The molecule has 0 fully saturated rings. The minimum Gasteiger partial charge on any atom is -0.298 e. The number of fused-ring (bicyclic) bond motifs is 1. The number of aromatic amines is 1. The Morgan fingerprint density at radius 3 is 2.67 bits per heavy atom. The lowest BCUT2D eigenvalue weighted by Crippen LogP contribution is -2.37. The van der Waals surface area contributed by atoms with E-state index >= 15 is 0 Å². The maximum atomic E-state index is 12.9. The van der Waals surface area contributed by atoms with Crippen LogP contribution in [0, 0.1) is 6.92 Å². The van der Waals surface area contributed by atoms with Crippen molar-refractivity contribution in [1.82, 2.24) is 19.1 Å². The number of aromatic nitrogens is 3. The fraction of sp³-hybridized carbons (Fsp3) is 0.263. The molecule has 0 radical (unpaired) electrons. The molecule has 0 amide bonds. The number of pyridine rings is 1. The Morgan fingerprint density at radius 2 is 1.96 bits per heavy atom. The highest BCUT2D eigenvalue weighted by molar-refractivity contribution is 7.89. The zero-order valence-corrected chi connectivity index (χ0v) is 15.7. The molecule has 1 N–H and O–H groups in total. The molecule has 0 unspecified atom stereocenters. The SMILES string of the molecule is Cc1ccc(S(=O)(=O)N2CCc3c([nH]n(Cc4cccnc4)c3=O)C2)cc1. The summed E-state index contributed by atoms with van der Waals surface area (Å²) in [4.78, 5) is 17.0. The van der Waals surface area contributed by atoms with E-state index in [2.05, 4.69) is 10.1 Å². The third-order valence-electron chi connectivity index (χ3n) is 4.81. The second kappa shape index (κ2) is 6.79. The smallest absolute Gasteiger partial charge is 0.270 e. The first-order valence-corrected chi connectivity index (χ1v) is 10.2. The van der Waals surface area contributed by atoms with Crippen LogP contribution in [0.4, 0.5) is 0 Å². The number of rotatable bonds is 4. The Hall–Kier alpha value is -2.71. The molecule has 1 aliphatic heterocycles. The van der Waals surface area contributed by atoms with Gasteiger partial charge in [0.05, 0.1) is 23.7 Å². The van der Waals surface area contributed by atoms with Gasteiger partial charge in [-0.25, -0.2) is 13.1 Å². The summed E-state index contributed by atoms with van der Waals surface area (Å²) in [5.74, 6) is 0. The number of benzene rings is 1. The molecule has 0 saturated heterocycles. The molecule has 1 aliphatic rings. The van der Waals surface area contributed by atoms with E-state index in [9.17, 15) is 13.2 Å². The zero-order chi connectivity index (χ0) is 19.0. The van der Waals surface area contributed by atoms with Gasteiger partial charge in [-0.2, -0.15) is 4.31 Å². The van der Waals surface area contributed by atoms with E-state index in [0.29, 0.717) is 30.8 Å². The number of aryl methyl sites for hydroxylation is 1. The van der Waals surface area contributed by atoms with Crippen LogP contribution in [-0.2, 0) is 29.5 Å². The maximum absolute atomic E-state index is 12.9. The predicted molar refractivity (Wildman–Crippen MR) is 101 cm³/mol. The van der Waals surface area contributed by atoms with Gasteiger partial charge in [0, 0.05) is 24.5 Å². The molecule has 140 valence electrons. The van der Waals surface area contributed by atoms with E-state index in [1.807, 2.05) is 19.1 Å². The van der Waals surface area contributed by atoms with Crippen LogP contribution >= 0.6 is 0 Å². The highest BCUT2D eigenvalue weighted by Gasteiger charge is 2.31. The Morgan fingerprint density at radius 1 is 1.19 bits per heavy atom. The van der Waals surface area contributed by atoms with Gasteiger partial charge in [0.25, 0.3) is 5.56 Å². The number of nitrogens with one attached hydrogen (secondary N) is 1. The van der Waals surface area contributed by atoms with Gasteiger partial charge in [0.2, 0.25) is 10.0 Å². The van der Waals surface area contributed by atoms with Crippen LogP contribution < -0.4 is 5.56 Å². The van der Waals surface area contributed by atoms with Crippen LogP contribution in [0.25, 0.3) is 0 Å². The minimum absolute atomic E-state index is 0.0961. The summed E-state index contributed by atoms with van der Waals surface area (Å²) >= 11 is 0. The molecule has 0 spiro atoms. The standard InChI is InChI=1S/C19H20N4O3S/c1-14-4-6-16(7-5-14)27(25,26)22-10-8-17-18(13-22)21-23(19(17)24)12-15-3-2-9-20-11-15/h2-7,9,11,21H,8,10,12-13H2,1H3. The number of hydrogen-bond acceptors (Lipinski definition) is 4. The van der Waals surface area contributed by atoms with Gasteiger partial charge in [0.15, 0.2) is 0 Å². The lowest BCUT2D eigenvalue weighted by Gasteiger charge is -2.25. The lowest BCUT2D eigenvalue weighted by atomic mass is 10.1. The molecule has 0 bridgehead atoms. The number of nitrogens with zero attached hydrogens (tertiary/aromatic N) is 3. The monoisotopic (exact) mass is 384 g/mol. The minimum atomic E-state index is -3.59. The van der Waals surface area contributed by atoms with Crippen molar-refractivity contribution in [2.75, 3.05) is 6.54 Å². The molecule has 0 saturated carbocycles. The quantitative estimate of drug-likeness (QED) is 0.741. The normalized spacial score (nSPS) is 14.9. The van der Waals surface area contributed by atoms with Crippen LogP contribution in [0.2, 0.25) is 0 Å². The molecule has 4 rings (SSSR count). The summed E-state index contributed by atoms with van der Waals surface area (Å²) in [6.07, 6.45) is 3.79. The van der Waals surface area contributed by atoms with Gasteiger partial charge in [-0.05, 0) is 37.1 Å². The van der Waals surface area contributed by atoms with Gasteiger partial charge in [-0.15, -0.1) is 0 Å². The second-order valence-corrected chi connectivity index (χ2v) is 8.66. The van der Waals surface area contributed by atoms with Crippen molar-refractivity contribution in [3.05, 3.63) is 81.5 Å². The van der Waals surface area contributed by atoms with Crippen LogP contribution in [-0.4, -0.2) is 34.0 Å². The molecular formula is C19H20N4O3S. The van der Waals surface area contributed by atoms with Crippen LogP contribution in [0.5, 0.6) is 0 Å². The van der Waals surface area contributed by atoms with Gasteiger partial charge in [-0.1, -0.05) is 23.8 Å². The highest BCUT2D eigenvalue weighted by atomic mass is 32.2. The third kappa shape index (κ3) is 3.33. The van der Waals surface area contributed by atoms with Crippen molar-refractivity contribution in [1.29, 1.82) is 0 Å². The highest BCUT2D eigenvalue weighted by Crippen LogP contribution is 2.23. The van der Waals surface area contributed by atoms with E-state index in [0.717, 1.165) is 11.1 Å². The summed E-state index contributed by atoms with van der Waals surface area (Å²) in [5, 5.41) is 3.08. The van der Waals surface area contributed by atoms with Crippen molar-refractivity contribution in [2.45, 2.75) is 31.3 Å². The van der Waals surface area contributed by atoms with Crippen LogP contribution in [0.3, 0.4) is 0 Å². The predicted octanol–water partition coefficient (Wildman–Crippen LogP) is 1.68. The van der Waals surface area contributed by atoms with Gasteiger partial charge < -0.3 is 0 Å². The second-order valence-electron chi connectivity index (χ2n) is 6.72. The fourth-order valence-corrected chi connectivity index (χ4v) is 4.71. The Labute approximate surface area is 157 Å². The first kappa shape index (κ1) is 17.7. The number of hydrogen-bond donors (Lipinski definition) is 1. The number of H-pyrrole nitrogens is 1. The van der Waals surface area contributed by atoms with Crippen LogP contribution in [0.15, 0.2) is 58.5 Å². The first-order chi connectivity index (χ1) is 12.9. The van der Waals surface area contributed by atoms with E-state index in [1.54, 1.807) is 36.7 Å². The molecule has 0 aliphatic carbocycles. The fourth-order valence-electron chi connectivity index (χ4n) is 3.30. The summed E-state index contributed by atoms with van der Waals surface area (Å²) in [6, 6.07) is 10.5. The van der Waals surface area contributed by atoms with E-state index in [1.165, 1.54) is 8.99 Å². The Kier molecular flexibility index (Phi) is 4.45. The number of sulfonamides is 1. The van der Waals surface area contributed by atoms with Crippen molar-refractivity contribution in [3.63, 3.8) is 0 Å². The molecule has 8 heteroatoms. The van der Waals surface area contributed by atoms with Crippen molar-refractivity contribution >= 4 is 10.0 Å². The van der Waals surface area contributed by atoms with E-state index < -0.39 is 10.0 Å². The summed E-state index contributed by atoms with van der Waals surface area (Å²) < 4.78 is 28.8. The summed E-state index contributed by atoms with van der Waals surface area (Å²) in [6.45, 7) is 2.76. The van der Waals surface area contributed by atoms with Crippen LogP contribution in [0.1, 0.15) is 22.4 Å². The summed E-state index contributed by atoms with van der Waals surface area (Å²) in [5.41, 5.74) is 3.13. The average molecular weight is 384 g/mol. The first-order valence-electron chi connectivity index (χ1n) is 8.71. The van der Waals surface area contributed by atoms with Gasteiger partial charge in [-0.3, -0.25) is 14.9 Å².